The van der Waals surface area contributed by atoms with E-state index in [2.05, 4.69) is 10.4 Å². The Balaban J connectivity index is 1.55. The third-order valence-corrected chi connectivity index (χ3v) is 5.69. The van der Waals surface area contributed by atoms with Crippen LogP contribution < -0.4 is 10.9 Å². The van der Waals surface area contributed by atoms with Gasteiger partial charge in [-0.15, -0.1) is 0 Å². The van der Waals surface area contributed by atoms with Crippen LogP contribution in [0.4, 0.5) is 0 Å². The molecule has 7 nitrogen and oxygen atoms in total. The lowest BCUT2D eigenvalue weighted by Crippen LogP contribution is -2.32. The molecule has 162 valence electrons. The molecule has 3 heterocycles. The van der Waals surface area contributed by atoms with Gasteiger partial charge in [0.1, 0.15) is 5.69 Å². The van der Waals surface area contributed by atoms with Crippen molar-refractivity contribution in [2.75, 3.05) is 13.2 Å². The first kappa shape index (κ1) is 20.2. The molecule has 0 saturated carbocycles. The summed E-state index contributed by atoms with van der Waals surface area (Å²) in [5.74, 6) is -0.259. The highest BCUT2D eigenvalue weighted by Gasteiger charge is 2.25. The molecule has 0 spiro atoms. The van der Waals surface area contributed by atoms with Crippen LogP contribution in [-0.2, 0) is 11.3 Å². The van der Waals surface area contributed by atoms with E-state index in [1.807, 2.05) is 65.2 Å². The summed E-state index contributed by atoms with van der Waals surface area (Å²) in [6.45, 7) is 1.71. The number of carbonyl (C=O) groups excluding carboxylic acids is 1. The molecule has 2 aromatic carbocycles. The number of ether oxygens (including phenoxy) is 1. The van der Waals surface area contributed by atoms with Crippen molar-refractivity contribution in [2.24, 2.45) is 0 Å². The summed E-state index contributed by atoms with van der Waals surface area (Å²) in [5.41, 5.74) is 2.67. The zero-order valence-corrected chi connectivity index (χ0v) is 17.6. The Morgan fingerprint density at radius 2 is 1.81 bits per heavy atom. The Hall–Kier alpha value is -3.71. The van der Waals surface area contributed by atoms with E-state index < -0.39 is 0 Å². The van der Waals surface area contributed by atoms with Gasteiger partial charge in [0.25, 0.3) is 11.5 Å². The number of hydrogen-bond acceptors (Lipinski definition) is 4. The first-order chi connectivity index (χ1) is 15.7. The minimum atomic E-state index is -0.259. The molecule has 0 unspecified atom stereocenters. The molecule has 0 radical (unpaired) electrons. The van der Waals surface area contributed by atoms with E-state index in [1.165, 1.54) is 4.68 Å². The van der Waals surface area contributed by atoms with Gasteiger partial charge < -0.3 is 14.6 Å². The number of pyridine rings is 1. The van der Waals surface area contributed by atoms with Gasteiger partial charge in [0, 0.05) is 32.1 Å². The maximum atomic E-state index is 13.2. The van der Waals surface area contributed by atoms with E-state index in [0.717, 1.165) is 25.0 Å². The first-order valence-electron chi connectivity index (χ1n) is 10.8. The zero-order chi connectivity index (χ0) is 21.9. The van der Waals surface area contributed by atoms with Crippen molar-refractivity contribution in [3.8, 4) is 16.9 Å². The fourth-order valence-corrected chi connectivity index (χ4v) is 4.06. The van der Waals surface area contributed by atoms with Crippen LogP contribution in [0, 0.1) is 0 Å². The van der Waals surface area contributed by atoms with Crippen molar-refractivity contribution in [3.63, 3.8) is 0 Å². The second-order valence-corrected chi connectivity index (χ2v) is 7.99. The maximum absolute atomic E-state index is 13.2. The Labute approximate surface area is 185 Å². The molecular formula is C25H24N4O3. The van der Waals surface area contributed by atoms with E-state index in [0.29, 0.717) is 35.6 Å². The first-order valence-corrected chi connectivity index (χ1v) is 10.8. The Kier molecular flexibility index (Phi) is 5.56. The van der Waals surface area contributed by atoms with E-state index in [-0.39, 0.29) is 17.6 Å². The normalized spacial score (nSPS) is 15.8. The number of aromatic nitrogens is 3. The maximum Gasteiger partial charge on any atom is 0.282 e. The number of hydrogen-bond donors (Lipinski definition) is 1. The molecule has 7 heteroatoms. The third kappa shape index (κ3) is 4.07. The smallest absolute Gasteiger partial charge is 0.282 e. The number of rotatable bonds is 6. The number of benzene rings is 2. The van der Waals surface area contributed by atoms with Crippen LogP contribution in [-0.4, -0.2) is 39.5 Å². The lowest BCUT2D eigenvalue weighted by atomic mass is 10.1. The highest BCUT2D eigenvalue weighted by Crippen LogP contribution is 2.23. The Bertz CT molecular complexity index is 1240. The SMILES string of the molecule is O=C(NC[C@H]1CCCO1)c1cn(Cc2ccccc2)cc2c(=O)n(-c3ccccc3)nc1-2. The van der Waals surface area contributed by atoms with Crippen molar-refractivity contribution < 1.29 is 9.53 Å². The quantitative estimate of drug-likeness (QED) is 0.512. The summed E-state index contributed by atoms with van der Waals surface area (Å²) >= 11 is 0. The van der Waals surface area contributed by atoms with E-state index in [9.17, 15) is 9.59 Å². The number of para-hydroxylation sites is 1. The summed E-state index contributed by atoms with van der Waals surface area (Å²) in [6.07, 6.45) is 5.52. The molecule has 3 aliphatic rings. The van der Waals surface area contributed by atoms with Crippen molar-refractivity contribution in [1.82, 2.24) is 19.7 Å². The third-order valence-electron chi connectivity index (χ3n) is 5.69. The van der Waals surface area contributed by atoms with Crippen LogP contribution in [0.5, 0.6) is 0 Å². The largest absolute Gasteiger partial charge is 0.376 e. The molecule has 1 saturated heterocycles. The van der Waals surface area contributed by atoms with Crippen LogP contribution in [0.2, 0.25) is 0 Å². The van der Waals surface area contributed by atoms with Crippen LogP contribution in [0.3, 0.4) is 0 Å². The molecule has 0 aromatic heterocycles. The van der Waals surface area contributed by atoms with E-state index >= 15 is 0 Å². The Morgan fingerprint density at radius 3 is 2.53 bits per heavy atom. The number of amides is 1. The molecule has 1 fully saturated rings. The second kappa shape index (κ2) is 8.80. The molecule has 2 aromatic rings. The average Bonchev–Trinajstić information content (AvgIpc) is 3.47. The number of fused-ring (bicyclic) bond motifs is 1. The molecule has 0 bridgehead atoms. The van der Waals surface area contributed by atoms with Gasteiger partial charge in [0.15, 0.2) is 0 Å². The molecule has 0 aliphatic carbocycles. The molecule has 1 amide bonds. The van der Waals surface area contributed by atoms with Gasteiger partial charge in [-0.05, 0) is 30.5 Å². The van der Waals surface area contributed by atoms with Crippen LogP contribution in [0.15, 0.2) is 77.9 Å². The fourth-order valence-electron chi connectivity index (χ4n) is 4.06. The lowest BCUT2D eigenvalue weighted by molar-refractivity contribution is 0.0857. The average molecular weight is 428 g/mol. The molecule has 5 rings (SSSR count). The lowest BCUT2D eigenvalue weighted by Gasteiger charge is -2.14. The summed E-state index contributed by atoms with van der Waals surface area (Å²) in [7, 11) is 0. The zero-order valence-electron chi connectivity index (χ0n) is 17.6. The van der Waals surface area contributed by atoms with Gasteiger partial charge in [0.2, 0.25) is 0 Å². The van der Waals surface area contributed by atoms with Crippen molar-refractivity contribution >= 4 is 5.91 Å². The summed E-state index contributed by atoms with van der Waals surface area (Å²) in [5, 5.41) is 7.49. The second-order valence-electron chi connectivity index (χ2n) is 7.99. The number of carbonyl (C=O) groups is 1. The Morgan fingerprint density at radius 1 is 1.06 bits per heavy atom. The van der Waals surface area contributed by atoms with Gasteiger partial charge >= 0.3 is 0 Å². The summed E-state index contributed by atoms with van der Waals surface area (Å²) < 4.78 is 8.85. The molecule has 1 N–H and O–H groups in total. The summed E-state index contributed by atoms with van der Waals surface area (Å²) in [6, 6.07) is 19.2. The minimum absolute atomic E-state index is 0.0338. The molecule has 32 heavy (non-hydrogen) atoms. The van der Waals surface area contributed by atoms with Gasteiger partial charge in [-0.1, -0.05) is 48.5 Å². The standard InChI is InChI=1S/C25H24N4O3/c30-24(26-14-20-12-7-13-32-20)21-16-28(15-18-8-3-1-4-9-18)17-22-23(21)27-29(25(22)31)19-10-5-2-6-11-19/h1-6,8-11,16-17,20H,7,12-15H2,(H,26,30)/t20-/m1/s1. The fraction of sp³-hybridized carbons (Fsp3) is 0.240. The monoisotopic (exact) mass is 428 g/mol. The predicted molar refractivity (Wildman–Crippen MR) is 121 cm³/mol. The van der Waals surface area contributed by atoms with Crippen molar-refractivity contribution in [3.05, 3.63) is 94.5 Å². The molecule has 3 aliphatic heterocycles. The molecule has 1 atom stereocenters. The minimum Gasteiger partial charge on any atom is -0.376 e. The van der Waals surface area contributed by atoms with Crippen LogP contribution in [0.25, 0.3) is 16.9 Å². The van der Waals surface area contributed by atoms with E-state index in [4.69, 9.17) is 4.74 Å². The van der Waals surface area contributed by atoms with Crippen LogP contribution in [0.1, 0.15) is 28.8 Å². The van der Waals surface area contributed by atoms with Crippen molar-refractivity contribution in [1.29, 1.82) is 0 Å². The van der Waals surface area contributed by atoms with E-state index in [1.54, 1.807) is 12.4 Å². The highest BCUT2D eigenvalue weighted by atomic mass is 16.5. The number of nitrogens with zero attached hydrogens (tertiary/aromatic N) is 3. The topological polar surface area (TPSA) is 78.1 Å². The van der Waals surface area contributed by atoms with Gasteiger partial charge in [0.05, 0.1) is 22.9 Å². The van der Waals surface area contributed by atoms with Crippen molar-refractivity contribution in [2.45, 2.75) is 25.5 Å². The predicted octanol–water partition coefficient (Wildman–Crippen LogP) is 3.10. The highest BCUT2D eigenvalue weighted by molar-refractivity contribution is 5.99. The van der Waals surface area contributed by atoms with Gasteiger partial charge in [-0.25, -0.2) is 0 Å². The van der Waals surface area contributed by atoms with Gasteiger partial charge in [-0.3, -0.25) is 9.59 Å². The number of nitrogens with one attached hydrogen (secondary N) is 1. The molecular weight excluding hydrogens is 404 g/mol. The van der Waals surface area contributed by atoms with Crippen LogP contribution >= 0.6 is 0 Å². The van der Waals surface area contributed by atoms with Gasteiger partial charge in [-0.2, -0.15) is 9.78 Å². The summed E-state index contributed by atoms with van der Waals surface area (Å²) in [4.78, 5) is 26.4.